The predicted molar refractivity (Wildman–Crippen MR) is 82.5 cm³/mol. The van der Waals surface area contributed by atoms with Crippen molar-refractivity contribution in [2.45, 2.75) is 58.0 Å². The van der Waals surface area contributed by atoms with Gasteiger partial charge in [0.2, 0.25) is 0 Å². The van der Waals surface area contributed by atoms with Gasteiger partial charge in [-0.15, -0.1) is 0 Å². The molecular weight excluding hydrogens is 248 g/mol. The van der Waals surface area contributed by atoms with Crippen molar-refractivity contribution in [3.63, 3.8) is 0 Å². The van der Waals surface area contributed by atoms with Crippen molar-refractivity contribution >= 4 is 11.0 Å². The molecule has 3 heteroatoms. The molecule has 20 heavy (non-hydrogen) atoms. The van der Waals surface area contributed by atoms with Crippen LogP contribution in [0, 0.1) is 0 Å². The molecule has 0 amide bonds. The van der Waals surface area contributed by atoms with Crippen molar-refractivity contribution in [1.29, 1.82) is 0 Å². The number of aliphatic hydroxyl groups is 1. The topological polar surface area (TPSA) is 46.0 Å². The van der Waals surface area contributed by atoms with Crippen LogP contribution in [0.25, 0.3) is 11.0 Å². The van der Waals surface area contributed by atoms with E-state index in [9.17, 15) is 5.11 Å². The van der Waals surface area contributed by atoms with E-state index in [2.05, 4.69) is 16.9 Å². The number of fused-ring (bicyclic) bond motifs is 1. The van der Waals surface area contributed by atoms with Gasteiger partial charge in [0.1, 0.15) is 0 Å². The standard InChI is InChI=1S/C17H24N2O/c1-2-3-4-5-6-7-8-17(20)14-9-10-15-16(13-14)19-12-11-18-15/h9-13,17,20H,2-8H2,1H3. The Kier molecular flexibility index (Phi) is 5.93. The summed E-state index contributed by atoms with van der Waals surface area (Å²) in [6.07, 6.45) is 11.3. The Morgan fingerprint density at radius 3 is 2.45 bits per heavy atom. The van der Waals surface area contributed by atoms with Crippen LogP contribution in [-0.4, -0.2) is 15.1 Å². The second-order valence-electron chi connectivity index (χ2n) is 5.38. The second-order valence-corrected chi connectivity index (χ2v) is 5.38. The highest BCUT2D eigenvalue weighted by molar-refractivity contribution is 5.74. The lowest BCUT2D eigenvalue weighted by atomic mass is 10.0. The summed E-state index contributed by atoms with van der Waals surface area (Å²) >= 11 is 0. The lowest BCUT2D eigenvalue weighted by Gasteiger charge is -2.11. The Morgan fingerprint density at radius 1 is 0.950 bits per heavy atom. The maximum Gasteiger partial charge on any atom is 0.0890 e. The number of unbranched alkanes of at least 4 members (excludes halogenated alkanes) is 5. The molecule has 2 rings (SSSR count). The highest BCUT2D eigenvalue weighted by atomic mass is 16.3. The number of aromatic nitrogens is 2. The van der Waals surface area contributed by atoms with Gasteiger partial charge in [0.05, 0.1) is 17.1 Å². The van der Waals surface area contributed by atoms with Crippen molar-refractivity contribution < 1.29 is 5.11 Å². The lowest BCUT2D eigenvalue weighted by Crippen LogP contribution is -1.98. The first-order valence-corrected chi connectivity index (χ1v) is 7.70. The van der Waals surface area contributed by atoms with Crippen LogP contribution in [0.3, 0.4) is 0 Å². The normalized spacial score (nSPS) is 12.7. The molecule has 0 aliphatic rings. The summed E-state index contributed by atoms with van der Waals surface area (Å²) in [7, 11) is 0. The number of hydrogen-bond donors (Lipinski definition) is 1. The zero-order valence-electron chi connectivity index (χ0n) is 12.3. The Labute approximate surface area is 121 Å². The molecule has 0 aliphatic carbocycles. The summed E-state index contributed by atoms with van der Waals surface area (Å²) in [6.45, 7) is 2.23. The second kappa shape index (κ2) is 7.95. The van der Waals surface area contributed by atoms with Crippen molar-refractivity contribution in [3.05, 3.63) is 36.2 Å². The molecule has 108 valence electrons. The van der Waals surface area contributed by atoms with Gasteiger partial charge in [-0.3, -0.25) is 9.97 Å². The highest BCUT2D eigenvalue weighted by Crippen LogP contribution is 2.22. The SMILES string of the molecule is CCCCCCCCC(O)c1ccc2nccnc2c1. The van der Waals surface area contributed by atoms with Gasteiger partial charge in [-0.2, -0.15) is 0 Å². The zero-order valence-corrected chi connectivity index (χ0v) is 12.3. The molecule has 0 radical (unpaired) electrons. The molecule has 0 saturated heterocycles. The van der Waals surface area contributed by atoms with Crippen LogP contribution in [0.1, 0.15) is 63.5 Å². The largest absolute Gasteiger partial charge is 0.388 e. The molecule has 0 fully saturated rings. The van der Waals surface area contributed by atoms with Crippen molar-refractivity contribution in [2.24, 2.45) is 0 Å². The molecule has 1 atom stereocenters. The van der Waals surface area contributed by atoms with Gasteiger partial charge in [0.25, 0.3) is 0 Å². The molecule has 0 bridgehead atoms. The fourth-order valence-corrected chi connectivity index (χ4v) is 2.47. The highest BCUT2D eigenvalue weighted by Gasteiger charge is 2.08. The third-order valence-corrected chi connectivity index (χ3v) is 3.71. The minimum Gasteiger partial charge on any atom is -0.388 e. The van der Waals surface area contributed by atoms with Crippen LogP contribution >= 0.6 is 0 Å². The van der Waals surface area contributed by atoms with Gasteiger partial charge in [0.15, 0.2) is 0 Å². The van der Waals surface area contributed by atoms with Crippen molar-refractivity contribution in [1.82, 2.24) is 9.97 Å². The molecule has 1 aromatic carbocycles. The van der Waals surface area contributed by atoms with E-state index >= 15 is 0 Å². The van der Waals surface area contributed by atoms with Crippen molar-refractivity contribution in [3.8, 4) is 0 Å². The van der Waals surface area contributed by atoms with E-state index in [0.717, 1.165) is 29.4 Å². The van der Waals surface area contributed by atoms with Gasteiger partial charge in [-0.05, 0) is 24.1 Å². The molecule has 0 saturated carbocycles. The first-order valence-electron chi connectivity index (χ1n) is 7.70. The van der Waals surface area contributed by atoms with E-state index in [0.29, 0.717) is 0 Å². The van der Waals surface area contributed by atoms with Gasteiger partial charge >= 0.3 is 0 Å². The van der Waals surface area contributed by atoms with E-state index < -0.39 is 0 Å². The van der Waals surface area contributed by atoms with Crippen LogP contribution in [-0.2, 0) is 0 Å². The molecule has 2 aromatic rings. The van der Waals surface area contributed by atoms with E-state index in [-0.39, 0.29) is 6.10 Å². The van der Waals surface area contributed by atoms with Gasteiger partial charge < -0.3 is 5.11 Å². The third kappa shape index (κ3) is 4.27. The predicted octanol–water partition coefficient (Wildman–Crippen LogP) is 4.41. The molecule has 1 N–H and O–H groups in total. The average Bonchev–Trinajstić information content (AvgIpc) is 2.50. The molecule has 1 unspecified atom stereocenters. The van der Waals surface area contributed by atoms with Crippen LogP contribution in [0.2, 0.25) is 0 Å². The summed E-state index contributed by atoms with van der Waals surface area (Å²) in [4.78, 5) is 8.52. The fraction of sp³-hybridized carbons (Fsp3) is 0.529. The molecule has 1 aromatic heterocycles. The molecule has 0 aliphatic heterocycles. The lowest BCUT2D eigenvalue weighted by molar-refractivity contribution is 0.163. The Hall–Kier alpha value is -1.48. The zero-order chi connectivity index (χ0) is 14.2. The van der Waals surface area contributed by atoms with E-state index in [1.54, 1.807) is 12.4 Å². The Balaban J connectivity index is 1.83. The number of benzene rings is 1. The molecule has 1 heterocycles. The quantitative estimate of drug-likeness (QED) is 0.724. The van der Waals surface area contributed by atoms with Crippen LogP contribution in [0.4, 0.5) is 0 Å². The smallest absolute Gasteiger partial charge is 0.0890 e. The maximum atomic E-state index is 10.2. The van der Waals surface area contributed by atoms with E-state index in [1.165, 1.54) is 32.1 Å². The summed E-state index contributed by atoms with van der Waals surface area (Å²) in [5.41, 5.74) is 2.68. The summed E-state index contributed by atoms with van der Waals surface area (Å²) < 4.78 is 0. The van der Waals surface area contributed by atoms with Gasteiger partial charge in [-0.1, -0.05) is 51.5 Å². The van der Waals surface area contributed by atoms with E-state index in [1.807, 2.05) is 18.2 Å². The molecule has 3 nitrogen and oxygen atoms in total. The fourth-order valence-electron chi connectivity index (χ4n) is 2.47. The Bertz CT molecular complexity index is 527. The molecule has 0 spiro atoms. The third-order valence-electron chi connectivity index (χ3n) is 3.71. The maximum absolute atomic E-state index is 10.2. The number of hydrogen-bond acceptors (Lipinski definition) is 3. The number of aliphatic hydroxyl groups excluding tert-OH is 1. The van der Waals surface area contributed by atoms with Crippen molar-refractivity contribution in [2.75, 3.05) is 0 Å². The first kappa shape index (κ1) is 14.9. The average molecular weight is 272 g/mol. The number of rotatable bonds is 8. The van der Waals surface area contributed by atoms with Gasteiger partial charge in [0, 0.05) is 12.4 Å². The Morgan fingerprint density at radius 2 is 1.65 bits per heavy atom. The summed E-state index contributed by atoms with van der Waals surface area (Å²) in [5.74, 6) is 0. The summed E-state index contributed by atoms with van der Waals surface area (Å²) in [5, 5.41) is 10.2. The van der Waals surface area contributed by atoms with Gasteiger partial charge in [-0.25, -0.2) is 0 Å². The monoisotopic (exact) mass is 272 g/mol. The molecular formula is C17H24N2O. The number of nitrogens with zero attached hydrogens (tertiary/aromatic N) is 2. The summed E-state index contributed by atoms with van der Waals surface area (Å²) in [6, 6.07) is 5.84. The van der Waals surface area contributed by atoms with Crippen LogP contribution in [0.15, 0.2) is 30.6 Å². The first-order chi connectivity index (χ1) is 9.81. The van der Waals surface area contributed by atoms with Crippen LogP contribution < -0.4 is 0 Å². The van der Waals surface area contributed by atoms with Crippen LogP contribution in [0.5, 0.6) is 0 Å². The van der Waals surface area contributed by atoms with E-state index in [4.69, 9.17) is 0 Å². The minimum absolute atomic E-state index is 0.382. The minimum atomic E-state index is -0.382.